The third kappa shape index (κ3) is 3.06. The second-order valence-corrected chi connectivity index (χ2v) is 3.46. The topological polar surface area (TPSA) is 140 Å². The largest absolute Gasteiger partial charge is 0.393 e. The van der Waals surface area contributed by atoms with Gasteiger partial charge in [-0.25, -0.2) is 4.39 Å². The number of nitrogens with two attached hydrogens (primary N) is 1. The third-order valence-corrected chi connectivity index (χ3v) is 2.24. The van der Waals surface area contributed by atoms with E-state index in [9.17, 15) is 4.39 Å². The Morgan fingerprint density at radius 2 is 2.59 bits per heavy atom. The molecule has 5 N–H and O–H groups in total. The lowest BCUT2D eigenvalue weighted by molar-refractivity contribution is -0.0949. The fourth-order valence-corrected chi connectivity index (χ4v) is 1.42. The second-order valence-electron chi connectivity index (χ2n) is 3.46. The summed E-state index contributed by atoms with van der Waals surface area (Å²) in [7, 11) is 0. The lowest BCUT2D eigenvalue weighted by Gasteiger charge is -2.22. The molecule has 1 heterocycles. The molecule has 0 bridgehead atoms. The van der Waals surface area contributed by atoms with Gasteiger partial charge < -0.3 is 20.9 Å². The molecule has 0 amide bonds. The van der Waals surface area contributed by atoms with Gasteiger partial charge in [0.2, 0.25) is 5.72 Å². The molecule has 0 aliphatic carbocycles. The molecule has 8 nitrogen and oxygen atoms in total. The van der Waals surface area contributed by atoms with Crippen molar-refractivity contribution >= 4 is 5.84 Å². The van der Waals surface area contributed by atoms with Crippen LogP contribution in [-0.2, 0) is 4.74 Å². The summed E-state index contributed by atoms with van der Waals surface area (Å²) < 4.78 is 18.7. The number of aliphatic hydroxyl groups excluding tert-OH is 1. The van der Waals surface area contributed by atoms with Crippen molar-refractivity contribution < 1.29 is 14.2 Å². The first kappa shape index (κ1) is 13.2. The lowest BCUT2D eigenvalue weighted by Crippen LogP contribution is -2.39. The second kappa shape index (κ2) is 5.48. The van der Waals surface area contributed by atoms with Crippen molar-refractivity contribution in [3.8, 4) is 0 Å². The van der Waals surface area contributed by atoms with Crippen LogP contribution in [-0.4, -0.2) is 35.7 Å². The Hall–Kier alpha value is -1.83. The van der Waals surface area contributed by atoms with Crippen LogP contribution in [0.4, 0.5) is 4.39 Å². The molecule has 0 aromatic heterocycles. The van der Waals surface area contributed by atoms with Gasteiger partial charge in [-0.1, -0.05) is 5.11 Å². The Bertz CT molecular complexity index is 369. The average molecular weight is 244 g/mol. The first-order valence-corrected chi connectivity index (χ1v) is 4.79. The van der Waals surface area contributed by atoms with E-state index in [0.29, 0.717) is 0 Å². The highest BCUT2D eigenvalue weighted by Crippen LogP contribution is 2.33. The van der Waals surface area contributed by atoms with Gasteiger partial charge in [-0.05, 0) is 11.6 Å². The fourth-order valence-electron chi connectivity index (χ4n) is 1.42. The minimum absolute atomic E-state index is 0.0815. The summed E-state index contributed by atoms with van der Waals surface area (Å²) >= 11 is 0. The number of ether oxygens (including phenoxy) is 1. The van der Waals surface area contributed by atoms with Gasteiger partial charge in [0.15, 0.2) is 0 Å². The van der Waals surface area contributed by atoms with Crippen LogP contribution in [0.25, 0.3) is 10.4 Å². The smallest absolute Gasteiger partial charge is 0.203 e. The van der Waals surface area contributed by atoms with E-state index >= 15 is 0 Å². The lowest BCUT2D eigenvalue weighted by atomic mass is 10.1. The van der Waals surface area contributed by atoms with Crippen LogP contribution in [0.15, 0.2) is 17.4 Å². The summed E-state index contributed by atoms with van der Waals surface area (Å²) in [4.78, 5) is 2.45. The third-order valence-electron chi connectivity index (χ3n) is 2.24. The SMILES string of the molecule is [N-]=[N+]=N[C@]1(CO)O[C@@H](N/C=C\C(=N)N)C[C@@H]1F. The predicted octanol–water partition coefficient (Wildman–Crippen LogP) is 0.109. The van der Waals surface area contributed by atoms with E-state index in [4.69, 9.17) is 26.5 Å². The zero-order chi connectivity index (χ0) is 12.9. The van der Waals surface area contributed by atoms with Crippen LogP contribution < -0.4 is 11.1 Å². The number of azide groups is 1. The van der Waals surface area contributed by atoms with Gasteiger partial charge in [-0.15, -0.1) is 0 Å². The van der Waals surface area contributed by atoms with E-state index < -0.39 is 24.7 Å². The Balaban J connectivity index is 2.65. The molecular weight excluding hydrogens is 231 g/mol. The first-order chi connectivity index (χ1) is 8.04. The normalized spacial score (nSPS) is 32.4. The molecule has 0 aromatic carbocycles. The number of halogens is 1. The Labute approximate surface area is 96.4 Å². The number of hydrogen-bond acceptors (Lipinski definition) is 5. The molecule has 0 spiro atoms. The predicted molar refractivity (Wildman–Crippen MR) is 57.5 cm³/mol. The molecule has 0 aromatic rings. The summed E-state index contributed by atoms with van der Waals surface area (Å²) in [6.45, 7) is -0.743. The Morgan fingerprint density at radius 3 is 3.12 bits per heavy atom. The number of hydrogen-bond donors (Lipinski definition) is 4. The van der Waals surface area contributed by atoms with E-state index in [1.165, 1.54) is 12.3 Å². The Kier molecular flexibility index (Phi) is 4.27. The maximum Gasteiger partial charge on any atom is 0.203 e. The number of alkyl halides is 1. The summed E-state index contributed by atoms with van der Waals surface area (Å²) in [6, 6.07) is 0. The molecule has 0 radical (unpaired) electrons. The van der Waals surface area contributed by atoms with Crippen molar-refractivity contribution in [2.24, 2.45) is 10.8 Å². The summed E-state index contributed by atoms with van der Waals surface area (Å²) in [5.74, 6) is -0.171. The molecule has 94 valence electrons. The number of nitrogens with zero attached hydrogens (tertiary/aromatic N) is 3. The molecule has 3 atom stereocenters. The molecule has 0 saturated carbocycles. The van der Waals surface area contributed by atoms with Crippen LogP contribution in [0, 0.1) is 5.41 Å². The molecular formula is C8H13FN6O2. The van der Waals surface area contributed by atoms with Crippen LogP contribution in [0.3, 0.4) is 0 Å². The van der Waals surface area contributed by atoms with Crippen molar-refractivity contribution in [3.63, 3.8) is 0 Å². The van der Waals surface area contributed by atoms with E-state index in [1.54, 1.807) is 0 Å². The summed E-state index contributed by atoms with van der Waals surface area (Å²) in [5, 5.41) is 21.7. The van der Waals surface area contributed by atoms with Gasteiger partial charge >= 0.3 is 0 Å². The summed E-state index contributed by atoms with van der Waals surface area (Å²) in [6.07, 6.45) is 0.138. The van der Waals surface area contributed by atoms with Crippen molar-refractivity contribution in [2.75, 3.05) is 6.61 Å². The average Bonchev–Trinajstić information content (AvgIpc) is 2.56. The zero-order valence-corrected chi connectivity index (χ0v) is 8.88. The van der Waals surface area contributed by atoms with Gasteiger partial charge in [0.25, 0.3) is 0 Å². The zero-order valence-electron chi connectivity index (χ0n) is 8.88. The highest BCUT2D eigenvalue weighted by molar-refractivity contribution is 5.88. The van der Waals surface area contributed by atoms with E-state index in [2.05, 4.69) is 15.3 Å². The van der Waals surface area contributed by atoms with E-state index in [0.717, 1.165) is 0 Å². The molecule has 1 saturated heterocycles. The van der Waals surface area contributed by atoms with Crippen molar-refractivity contribution in [1.82, 2.24) is 5.32 Å². The molecule has 17 heavy (non-hydrogen) atoms. The minimum atomic E-state index is -1.88. The number of nitrogens with one attached hydrogen (secondary N) is 2. The first-order valence-electron chi connectivity index (χ1n) is 4.79. The number of amidine groups is 1. The molecule has 9 heteroatoms. The van der Waals surface area contributed by atoms with Gasteiger partial charge in [0.1, 0.15) is 18.2 Å². The van der Waals surface area contributed by atoms with Gasteiger partial charge in [0, 0.05) is 17.5 Å². The van der Waals surface area contributed by atoms with Crippen LogP contribution in [0.1, 0.15) is 6.42 Å². The van der Waals surface area contributed by atoms with Crippen LogP contribution in [0.5, 0.6) is 0 Å². The quantitative estimate of drug-likeness (QED) is 0.179. The van der Waals surface area contributed by atoms with Gasteiger partial charge in [-0.3, -0.25) is 5.41 Å². The molecule has 0 unspecified atom stereocenters. The number of aliphatic hydroxyl groups is 1. The maximum atomic E-state index is 13.6. The van der Waals surface area contributed by atoms with E-state index in [-0.39, 0.29) is 12.3 Å². The van der Waals surface area contributed by atoms with Crippen LogP contribution >= 0.6 is 0 Å². The fraction of sp³-hybridized carbons (Fsp3) is 0.625. The minimum Gasteiger partial charge on any atom is -0.393 e. The molecule has 1 aliphatic rings. The van der Waals surface area contributed by atoms with E-state index in [1.807, 2.05) is 0 Å². The maximum absolute atomic E-state index is 13.6. The van der Waals surface area contributed by atoms with Gasteiger partial charge in [-0.2, -0.15) is 0 Å². The highest BCUT2D eigenvalue weighted by atomic mass is 19.1. The van der Waals surface area contributed by atoms with Crippen molar-refractivity contribution in [1.29, 1.82) is 5.41 Å². The molecule has 1 fully saturated rings. The van der Waals surface area contributed by atoms with Gasteiger partial charge in [0.05, 0.1) is 6.61 Å². The Morgan fingerprint density at radius 1 is 1.88 bits per heavy atom. The van der Waals surface area contributed by atoms with Crippen molar-refractivity contribution in [2.45, 2.75) is 24.5 Å². The number of rotatable bonds is 5. The van der Waals surface area contributed by atoms with Crippen LogP contribution in [0.2, 0.25) is 0 Å². The monoisotopic (exact) mass is 244 g/mol. The summed E-state index contributed by atoms with van der Waals surface area (Å²) in [5.41, 5.74) is 11.5. The molecule has 1 rings (SSSR count). The van der Waals surface area contributed by atoms with Crippen molar-refractivity contribution in [3.05, 3.63) is 22.7 Å². The highest BCUT2D eigenvalue weighted by Gasteiger charge is 2.48. The standard InChI is InChI=1S/C8H13FN6O2/c9-5-3-7(13-2-1-6(10)11)17-8(5,4-16)14-15-12/h1-2,5,7,13,16H,3-4H2,(H3,10,11)/b2-1-/t5-,7+,8+/m0/s1. The molecule has 1 aliphatic heterocycles.